The first-order valence-corrected chi connectivity index (χ1v) is 8.62. The van der Waals surface area contributed by atoms with Gasteiger partial charge in [0.25, 0.3) is 5.91 Å². The average molecular weight is 367 g/mol. The van der Waals surface area contributed by atoms with Crippen LogP contribution in [0.3, 0.4) is 0 Å². The van der Waals surface area contributed by atoms with E-state index in [1.54, 1.807) is 18.2 Å². The minimum Gasteiger partial charge on any atom is -0.483 e. The minimum atomic E-state index is -0.320. The van der Waals surface area contributed by atoms with E-state index in [1.807, 2.05) is 50.2 Å². The first-order valence-electron chi connectivity index (χ1n) is 8.24. The molecule has 3 aromatic carbocycles. The Morgan fingerprint density at radius 3 is 2.62 bits per heavy atom. The van der Waals surface area contributed by atoms with Crippen molar-refractivity contribution in [2.24, 2.45) is 5.10 Å². The molecule has 5 heteroatoms. The lowest BCUT2D eigenvalue weighted by molar-refractivity contribution is -0.123. The highest BCUT2D eigenvalue weighted by Gasteiger charge is 2.06. The van der Waals surface area contributed by atoms with Crippen molar-refractivity contribution in [1.82, 2.24) is 5.43 Å². The zero-order valence-corrected chi connectivity index (χ0v) is 15.4. The number of carbonyl (C=O) groups is 1. The van der Waals surface area contributed by atoms with Crippen LogP contribution in [0.25, 0.3) is 10.8 Å². The summed E-state index contributed by atoms with van der Waals surface area (Å²) in [6.07, 6.45) is 0. The molecule has 0 heterocycles. The number of benzene rings is 3. The van der Waals surface area contributed by atoms with Gasteiger partial charge in [-0.2, -0.15) is 5.10 Å². The van der Waals surface area contributed by atoms with Gasteiger partial charge >= 0.3 is 0 Å². The molecule has 0 unspecified atom stereocenters. The molecular formula is C21H19ClN2O2. The van der Waals surface area contributed by atoms with Gasteiger partial charge in [-0.3, -0.25) is 4.79 Å². The summed E-state index contributed by atoms with van der Waals surface area (Å²) in [6, 6.07) is 19.4. The number of amides is 1. The van der Waals surface area contributed by atoms with Crippen molar-refractivity contribution in [2.75, 3.05) is 6.61 Å². The largest absolute Gasteiger partial charge is 0.483 e. The Hall–Kier alpha value is -2.85. The van der Waals surface area contributed by atoms with Crippen molar-refractivity contribution >= 4 is 34.0 Å². The van der Waals surface area contributed by atoms with Gasteiger partial charge in [0, 0.05) is 5.02 Å². The third-order valence-electron chi connectivity index (χ3n) is 4.01. The van der Waals surface area contributed by atoms with Crippen LogP contribution in [0.2, 0.25) is 5.02 Å². The molecule has 132 valence electrons. The number of halogens is 1. The van der Waals surface area contributed by atoms with Crippen LogP contribution < -0.4 is 10.2 Å². The summed E-state index contributed by atoms with van der Waals surface area (Å²) in [4.78, 5) is 12.0. The number of aryl methyl sites for hydroxylation is 1. The molecule has 0 aliphatic carbocycles. The molecular weight excluding hydrogens is 348 g/mol. The van der Waals surface area contributed by atoms with Crippen LogP contribution in [-0.4, -0.2) is 18.2 Å². The highest BCUT2D eigenvalue weighted by Crippen LogP contribution is 2.21. The molecule has 0 radical (unpaired) electrons. The molecule has 1 amide bonds. The summed E-state index contributed by atoms with van der Waals surface area (Å²) in [6.45, 7) is 3.62. The third kappa shape index (κ3) is 4.41. The van der Waals surface area contributed by atoms with Gasteiger partial charge in [0.1, 0.15) is 5.75 Å². The van der Waals surface area contributed by atoms with Crippen LogP contribution in [0, 0.1) is 6.92 Å². The summed E-state index contributed by atoms with van der Waals surface area (Å²) in [7, 11) is 0. The topological polar surface area (TPSA) is 50.7 Å². The van der Waals surface area contributed by atoms with E-state index in [0.29, 0.717) is 10.8 Å². The minimum absolute atomic E-state index is 0.114. The normalized spacial score (nSPS) is 11.4. The van der Waals surface area contributed by atoms with Crippen LogP contribution in [0.15, 0.2) is 65.8 Å². The summed E-state index contributed by atoms with van der Waals surface area (Å²) in [5.74, 6) is 0.305. The molecule has 1 N–H and O–H groups in total. The van der Waals surface area contributed by atoms with Crippen molar-refractivity contribution in [3.8, 4) is 5.75 Å². The molecule has 0 aromatic heterocycles. The number of ether oxygens (including phenoxy) is 1. The van der Waals surface area contributed by atoms with Crippen LogP contribution in [0.4, 0.5) is 0 Å². The van der Waals surface area contributed by atoms with Gasteiger partial charge in [-0.05, 0) is 60.0 Å². The van der Waals surface area contributed by atoms with E-state index in [1.165, 1.54) is 5.39 Å². The quantitative estimate of drug-likeness (QED) is 0.524. The molecule has 0 spiro atoms. The number of carbonyl (C=O) groups excluding carboxylic acids is 1. The summed E-state index contributed by atoms with van der Waals surface area (Å²) < 4.78 is 5.51. The van der Waals surface area contributed by atoms with Gasteiger partial charge in [0.2, 0.25) is 0 Å². The SMILES string of the molecule is C/C(=N\NC(=O)COc1ccc(Cl)cc1C)c1ccc2ccccc2c1. The fraction of sp³-hybridized carbons (Fsp3) is 0.143. The zero-order valence-electron chi connectivity index (χ0n) is 14.6. The van der Waals surface area contributed by atoms with E-state index in [-0.39, 0.29) is 12.5 Å². The van der Waals surface area contributed by atoms with Crippen molar-refractivity contribution in [1.29, 1.82) is 0 Å². The zero-order chi connectivity index (χ0) is 18.5. The molecule has 0 aliphatic heterocycles. The lowest BCUT2D eigenvalue weighted by Crippen LogP contribution is -2.25. The van der Waals surface area contributed by atoms with Crippen molar-refractivity contribution < 1.29 is 9.53 Å². The second-order valence-electron chi connectivity index (χ2n) is 5.99. The van der Waals surface area contributed by atoms with Crippen molar-refractivity contribution in [3.63, 3.8) is 0 Å². The van der Waals surface area contributed by atoms with E-state index in [4.69, 9.17) is 16.3 Å². The van der Waals surface area contributed by atoms with E-state index >= 15 is 0 Å². The summed E-state index contributed by atoms with van der Waals surface area (Å²) >= 11 is 5.91. The molecule has 4 nitrogen and oxygen atoms in total. The van der Waals surface area contributed by atoms with Gasteiger partial charge in [0.15, 0.2) is 6.61 Å². The lowest BCUT2D eigenvalue weighted by atomic mass is 10.0. The number of fused-ring (bicyclic) bond motifs is 1. The Morgan fingerprint density at radius 2 is 1.85 bits per heavy atom. The summed E-state index contributed by atoms with van der Waals surface area (Å²) in [5, 5.41) is 7.10. The number of hydrogen-bond donors (Lipinski definition) is 1. The van der Waals surface area contributed by atoms with Gasteiger partial charge in [-0.15, -0.1) is 0 Å². The van der Waals surface area contributed by atoms with Crippen molar-refractivity contribution in [2.45, 2.75) is 13.8 Å². The Bertz CT molecular complexity index is 983. The monoisotopic (exact) mass is 366 g/mol. The Labute approximate surface area is 157 Å². The smallest absolute Gasteiger partial charge is 0.277 e. The standard InChI is InChI=1S/C21H19ClN2O2/c1-14-11-19(22)9-10-20(14)26-13-21(25)24-23-15(2)17-8-7-16-5-3-4-6-18(16)12-17/h3-12H,13H2,1-2H3,(H,24,25)/b23-15+. The molecule has 0 atom stereocenters. The number of rotatable bonds is 5. The predicted molar refractivity (Wildman–Crippen MR) is 106 cm³/mol. The van der Waals surface area contributed by atoms with E-state index in [9.17, 15) is 4.79 Å². The van der Waals surface area contributed by atoms with Crippen LogP contribution in [0.5, 0.6) is 5.75 Å². The highest BCUT2D eigenvalue weighted by molar-refractivity contribution is 6.30. The summed E-state index contributed by atoms with van der Waals surface area (Å²) in [5.41, 5.74) is 5.09. The molecule has 0 saturated carbocycles. The molecule has 0 fully saturated rings. The van der Waals surface area contributed by atoms with E-state index < -0.39 is 0 Å². The maximum Gasteiger partial charge on any atom is 0.277 e. The number of hydrogen-bond acceptors (Lipinski definition) is 3. The first kappa shape index (κ1) is 18.0. The maximum atomic E-state index is 12.0. The van der Waals surface area contributed by atoms with Crippen molar-refractivity contribution in [3.05, 3.63) is 76.8 Å². The second-order valence-corrected chi connectivity index (χ2v) is 6.43. The lowest BCUT2D eigenvalue weighted by Gasteiger charge is -2.09. The molecule has 0 aliphatic rings. The Kier molecular flexibility index (Phi) is 5.54. The fourth-order valence-electron chi connectivity index (χ4n) is 2.58. The maximum absolute atomic E-state index is 12.0. The Balaban J connectivity index is 1.61. The van der Waals surface area contributed by atoms with Crippen LogP contribution in [0.1, 0.15) is 18.1 Å². The van der Waals surface area contributed by atoms with Crippen LogP contribution >= 0.6 is 11.6 Å². The first-order chi connectivity index (χ1) is 12.5. The van der Waals surface area contributed by atoms with E-state index in [0.717, 1.165) is 22.2 Å². The Morgan fingerprint density at radius 1 is 1.08 bits per heavy atom. The number of hydrazone groups is 1. The number of nitrogens with zero attached hydrogens (tertiary/aromatic N) is 1. The number of nitrogens with one attached hydrogen (secondary N) is 1. The van der Waals surface area contributed by atoms with Crippen LogP contribution in [-0.2, 0) is 4.79 Å². The molecule has 3 rings (SSSR count). The molecule has 3 aromatic rings. The average Bonchev–Trinajstić information content (AvgIpc) is 2.65. The van der Waals surface area contributed by atoms with Gasteiger partial charge in [-0.25, -0.2) is 5.43 Å². The molecule has 26 heavy (non-hydrogen) atoms. The van der Waals surface area contributed by atoms with Gasteiger partial charge in [0.05, 0.1) is 5.71 Å². The predicted octanol–water partition coefficient (Wildman–Crippen LogP) is 4.72. The van der Waals surface area contributed by atoms with Gasteiger partial charge < -0.3 is 4.74 Å². The fourth-order valence-corrected chi connectivity index (χ4v) is 2.80. The molecule has 0 bridgehead atoms. The van der Waals surface area contributed by atoms with Gasteiger partial charge in [-0.1, -0.05) is 48.0 Å². The molecule has 0 saturated heterocycles. The second kappa shape index (κ2) is 8.02. The highest BCUT2D eigenvalue weighted by atomic mass is 35.5. The third-order valence-corrected chi connectivity index (χ3v) is 4.25. The van der Waals surface area contributed by atoms with E-state index in [2.05, 4.69) is 16.6 Å².